The van der Waals surface area contributed by atoms with Gasteiger partial charge in [-0.05, 0) is 31.0 Å². The zero-order valence-corrected chi connectivity index (χ0v) is 19.2. The van der Waals surface area contributed by atoms with E-state index in [4.69, 9.17) is 9.79 Å². The summed E-state index contributed by atoms with van der Waals surface area (Å²) in [7, 11) is -8.67. The van der Waals surface area contributed by atoms with Gasteiger partial charge in [-0.15, -0.1) is 10.2 Å². The molecule has 1 aromatic carbocycles. The maximum absolute atomic E-state index is 12.4. The van der Waals surface area contributed by atoms with Crippen LogP contribution in [0, 0.1) is 12.8 Å². The van der Waals surface area contributed by atoms with E-state index in [0.29, 0.717) is 0 Å². The maximum Gasteiger partial charge on any atom is 0.469 e. The highest BCUT2D eigenvalue weighted by Crippen LogP contribution is 2.40. The Balaban J connectivity index is 2.44. The lowest BCUT2D eigenvalue weighted by Crippen LogP contribution is -2.27. The van der Waals surface area contributed by atoms with Gasteiger partial charge in [0, 0.05) is 12.1 Å². The molecule has 0 amide bonds. The molecule has 2 rings (SSSR count). The highest BCUT2D eigenvalue weighted by molar-refractivity contribution is 7.89. The summed E-state index contributed by atoms with van der Waals surface area (Å²) in [6, 6.07) is 5.59. The molecule has 0 radical (unpaired) electrons. The topological polar surface area (TPSA) is 188 Å². The third-order valence-corrected chi connectivity index (χ3v) is 5.92. The van der Waals surface area contributed by atoms with E-state index in [1.807, 2.05) is 13.8 Å². The van der Waals surface area contributed by atoms with Crippen LogP contribution in [0.2, 0.25) is 0 Å². The summed E-state index contributed by atoms with van der Waals surface area (Å²) in [6.45, 7) is 4.59. The van der Waals surface area contributed by atoms with Crippen LogP contribution < -0.4 is 4.72 Å². The van der Waals surface area contributed by atoms with Crippen molar-refractivity contribution in [3.63, 3.8) is 0 Å². The van der Waals surface area contributed by atoms with E-state index in [9.17, 15) is 22.9 Å². The van der Waals surface area contributed by atoms with E-state index in [0.717, 1.165) is 0 Å². The number of sulfonamides is 1. The van der Waals surface area contributed by atoms with E-state index >= 15 is 0 Å². The Labute approximate surface area is 184 Å². The van der Waals surface area contributed by atoms with Crippen LogP contribution in [-0.4, -0.2) is 41.1 Å². The fourth-order valence-corrected chi connectivity index (χ4v) is 3.97. The third-order valence-electron chi connectivity index (χ3n) is 4.03. The molecule has 12 nitrogen and oxygen atoms in total. The molecule has 1 heterocycles. The molecule has 0 spiro atoms. The fourth-order valence-electron chi connectivity index (χ4n) is 2.42. The second-order valence-corrected chi connectivity index (χ2v) is 10.1. The molecule has 0 atom stereocenters. The molecular formula is C18H23N4O8PS. The van der Waals surface area contributed by atoms with Gasteiger partial charge in [0.1, 0.15) is 5.75 Å². The van der Waals surface area contributed by atoms with Crippen molar-refractivity contribution in [1.82, 2.24) is 9.71 Å². The summed E-state index contributed by atoms with van der Waals surface area (Å²) >= 11 is 0. The first-order valence-corrected chi connectivity index (χ1v) is 12.2. The van der Waals surface area contributed by atoms with Gasteiger partial charge in [-0.2, -0.15) is 0 Å². The quantitative estimate of drug-likeness (QED) is 0.222. The molecule has 0 saturated carbocycles. The number of nitrogens with zero attached hydrogens (tertiary/aromatic N) is 3. The number of benzene rings is 1. The number of nitrogens with one attached hydrogen (secondary N) is 1. The van der Waals surface area contributed by atoms with Gasteiger partial charge < -0.3 is 14.9 Å². The summed E-state index contributed by atoms with van der Waals surface area (Å²) in [5.41, 5.74) is -0.346. The number of azo groups is 1. The van der Waals surface area contributed by atoms with E-state index < -0.39 is 30.2 Å². The Morgan fingerprint density at radius 3 is 2.56 bits per heavy atom. The van der Waals surface area contributed by atoms with E-state index in [-0.39, 0.29) is 52.0 Å². The number of aromatic hydroxyl groups is 1. The van der Waals surface area contributed by atoms with Gasteiger partial charge in [0.2, 0.25) is 10.0 Å². The molecule has 0 fully saturated rings. The van der Waals surface area contributed by atoms with Crippen LogP contribution in [0.25, 0.3) is 0 Å². The SMILES string of the molecule is Cc1nc(N=Nc2cccc(S(=O)(=O)NCC(C)C)c2)c(COP(=O)(O)O)c(C=O)c1O. The second-order valence-electron chi connectivity index (χ2n) is 7.09. The van der Waals surface area contributed by atoms with Gasteiger partial charge in [-0.25, -0.2) is 22.7 Å². The Bertz CT molecular complexity index is 1180. The lowest BCUT2D eigenvalue weighted by Gasteiger charge is -2.12. The Morgan fingerprint density at radius 2 is 1.97 bits per heavy atom. The maximum atomic E-state index is 12.4. The van der Waals surface area contributed by atoms with Crippen LogP contribution >= 0.6 is 7.82 Å². The largest absolute Gasteiger partial charge is 0.505 e. The smallest absolute Gasteiger partial charge is 0.469 e. The first-order valence-electron chi connectivity index (χ1n) is 9.23. The van der Waals surface area contributed by atoms with E-state index in [1.165, 1.54) is 31.2 Å². The van der Waals surface area contributed by atoms with Gasteiger partial charge >= 0.3 is 7.82 Å². The van der Waals surface area contributed by atoms with E-state index in [1.54, 1.807) is 0 Å². The van der Waals surface area contributed by atoms with Gasteiger partial charge in [-0.3, -0.25) is 9.32 Å². The molecule has 174 valence electrons. The van der Waals surface area contributed by atoms with Gasteiger partial charge in [0.25, 0.3) is 0 Å². The number of carbonyl (C=O) groups excluding carboxylic acids is 1. The van der Waals surface area contributed by atoms with Crippen LogP contribution in [-0.2, 0) is 25.7 Å². The normalized spacial score (nSPS) is 12.6. The average Bonchev–Trinajstić information content (AvgIpc) is 2.71. The minimum absolute atomic E-state index is 0.0233. The molecule has 14 heteroatoms. The Morgan fingerprint density at radius 1 is 1.28 bits per heavy atom. The number of hydrogen-bond acceptors (Lipinski definition) is 9. The number of rotatable bonds is 10. The third kappa shape index (κ3) is 6.99. The van der Waals surface area contributed by atoms with Gasteiger partial charge in [0.05, 0.1) is 28.4 Å². The minimum atomic E-state index is -4.90. The summed E-state index contributed by atoms with van der Waals surface area (Å²) < 4.78 is 42.8. The van der Waals surface area contributed by atoms with Crippen LogP contribution in [0.5, 0.6) is 5.75 Å². The molecule has 0 saturated heterocycles. The first kappa shape index (κ1) is 25.7. The molecule has 2 aromatic rings. The molecule has 0 aliphatic rings. The minimum Gasteiger partial charge on any atom is -0.505 e. The average molecular weight is 486 g/mol. The number of aromatic nitrogens is 1. The van der Waals surface area contributed by atoms with Crippen molar-refractivity contribution in [1.29, 1.82) is 0 Å². The zero-order chi connectivity index (χ0) is 24.1. The zero-order valence-electron chi connectivity index (χ0n) is 17.5. The summed E-state index contributed by atoms with van der Waals surface area (Å²) in [4.78, 5) is 33.3. The monoisotopic (exact) mass is 486 g/mol. The van der Waals surface area contributed by atoms with Crippen molar-refractivity contribution >= 4 is 35.6 Å². The molecule has 32 heavy (non-hydrogen) atoms. The van der Waals surface area contributed by atoms with E-state index in [2.05, 4.69) is 24.5 Å². The number of hydrogen-bond donors (Lipinski definition) is 4. The Hall–Kier alpha value is -2.54. The lowest BCUT2D eigenvalue weighted by molar-refractivity contribution is 0.111. The van der Waals surface area contributed by atoms with Gasteiger partial charge in [-0.1, -0.05) is 19.9 Å². The van der Waals surface area contributed by atoms with Crippen molar-refractivity contribution in [3.8, 4) is 5.75 Å². The fraction of sp³-hybridized carbons (Fsp3) is 0.333. The van der Waals surface area contributed by atoms with Crippen LogP contribution in [0.15, 0.2) is 39.4 Å². The lowest BCUT2D eigenvalue weighted by atomic mass is 10.1. The van der Waals surface area contributed by atoms with Crippen molar-refractivity contribution in [2.75, 3.05) is 6.54 Å². The number of phosphoric acid groups is 1. The number of aryl methyl sites for hydroxylation is 1. The second kappa shape index (κ2) is 10.4. The standard InChI is InChI=1S/C18H23N4O8PS/c1-11(2)8-19-32(28,29)14-6-4-5-13(7-14)21-22-18-16(10-30-31(25,26)27)15(9-23)17(24)12(3)20-18/h4-7,9,11,19,24H,8,10H2,1-3H3,(H2,25,26,27). The van der Waals surface area contributed by atoms with Gasteiger partial charge in [0.15, 0.2) is 12.1 Å². The molecular weight excluding hydrogens is 463 g/mol. The summed E-state index contributed by atoms with van der Waals surface area (Å²) in [5.74, 6) is -0.619. The summed E-state index contributed by atoms with van der Waals surface area (Å²) in [6.07, 6.45) is 0.273. The molecule has 4 N–H and O–H groups in total. The van der Waals surface area contributed by atoms with Crippen molar-refractivity contribution in [2.24, 2.45) is 16.1 Å². The predicted octanol–water partition coefficient (Wildman–Crippen LogP) is 2.87. The van der Waals surface area contributed by atoms with Crippen molar-refractivity contribution in [2.45, 2.75) is 32.3 Å². The van der Waals surface area contributed by atoms with Crippen LogP contribution in [0.4, 0.5) is 11.5 Å². The molecule has 0 bridgehead atoms. The first-order chi connectivity index (χ1) is 14.8. The van der Waals surface area contributed by atoms with Crippen molar-refractivity contribution < 1.29 is 37.2 Å². The molecule has 0 unspecified atom stereocenters. The highest BCUT2D eigenvalue weighted by Gasteiger charge is 2.22. The van der Waals surface area contributed by atoms with Crippen molar-refractivity contribution in [3.05, 3.63) is 41.1 Å². The molecule has 1 aromatic heterocycles. The molecule has 0 aliphatic heterocycles. The Kier molecular flexibility index (Phi) is 8.35. The number of aldehydes is 1. The number of pyridine rings is 1. The molecule has 0 aliphatic carbocycles. The predicted molar refractivity (Wildman–Crippen MR) is 114 cm³/mol. The number of carbonyl (C=O) groups is 1. The highest BCUT2D eigenvalue weighted by atomic mass is 32.2. The van der Waals surface area contributed by atoms with Crippen LogP contribution in [0.3, 0.4) is 0 Å². The number of phosphoric ester groups is 1. The van der Waals surface area contributed by atoms with Crippen LogP contribution in [0.1, 0.15) is 35.5 Å². The summed E-state index contributed by atoms with van der Waals surface area (Å²) in [5, 5.41) is 17.8.